The number of carbonyl (C=O) groups excluding carboxylic acids is 2. The van der Waals surface area contributed by atoms with E-state index in [2.05, 4.69) is 5.32 Å². The number of fused-ring (bicyclic) bond motifs is 3. The number of furan rings is 1. The third kappa shape index (κ3) is 3.35. The van der Waals surface area contributed by atoms with Gasteiger partial charge in [0, 0.05) is 16.8 Å². The zero-order chi connectivity index (χ0) is 18.8. The summed E-state index contributed by atoms with van der Waals surface area (Å²) in [6, 6.07) is 11.2. The molecule has 2 aromatic carbocycles. The lowest BCUT2D eigenvalue weighted by molar-refractivity contribution is -0.156. The summed E-state index contributed by atoms with van der Waals surface area (Å²) in [4.78, 5) is 24.0. The highest BCUT2D eigenvalue weighted by atomic mass is 16.5. The summed E-state index contributed by atoms with van der Waals surface area (Å²) in [7, 11) is 1.53. The van der Waals surface area contributed by atoms with Gasteiger partial charge >= 0.3 is 5.97 Å². The SMILES string of the molecule is COc1cc2c(cc1NC(=O)[C@@H](C)OC(=O)C(C)C)oc1ccccc12. The van der Waals surface area contributed by atoms with E-state index in [0.717, 1.165) is 16.4 Å². The van der Waals surface area contributed by atoms with Crippen molar-refractivity contribution < 1.29 is 23.5 Å². The normalized spacial score (nSPS) is 12.3. The summed E-state index contributed by atoms with van der Waals surface area (Å²) >= 11 is 0. The lowest BCUT2D eigenvalue weighted by atomic mass is 10.1. The molecule has 26 heavy (non-hydrogen) atoms. The highest BCUT2D eigenvalue weighted by molar-refractivity contribution is 6.08. The third-order valence-electron chi connectivity index (χ3n) is 4.09. The Kier molecular flexibility index (Phi) is 4.84. The van der Waals surface area contributed by atoms with Crippen LogP contribution in [0.3, 0.4) is 0 Å². The van der Waals surface area contributed by atoms with Crippen LogP contribution in [0.25, 0.3) is 21.9 Å². The number of para-hydroxylation sites is 1. The number of methoxy groups -OCH3 is 1. The molecule has 3 rings (SSSR count). The molecule has 0 saturated carbocycles. The first-order valence-electron chi connectivity index (χ1n) is 8.41. The van der Waals surface area contributed by atoms with Gasteiger partial charge in [0.15, 0.2) is 6.10 Å². The summed E-state index contributed by atoms with van der Waals surface area (Å²) in [6.45, 7) is 4.96. The van der Waals surface area contributed by atoms with Crippen LogP contribution in [-0.2, 0) is 14.3 Å². The number of ether oxygens (including phenoxy) is 2. The molecule has 6 heteroatoms. The number of hydrogen-bond donors (Lipinski definition) is 1. The molecule has 0 bridgehead atoms. The van der Waals surface area contributed by atoms with Crippen molar-refractivity contribution in [2.24, 2.45) is 5.92 Å². The molecular weight excluding hydrogens is 334 g/mol. The predicted octanol–water partition coefficient (Wildman–Crippen LogP) is 4.12. The first kappa shape index (κ1) is 17.8. The molecule has 6 nitrogen and oxygen atoms in total. The molecule has 1 N–H and O–H groups in total. The molecule has 0 radical (unpaired) electrons. The van der Waals surface area contributed by atoms with Crippen LogP contribution >= 0.6 is 0 Å². The van der Waals surface area contributed by atoms with Crippen molar-refractivity contribution in [1.29, 1.82) is 0 Å². The second kappa shape index (κ2) is 7.07. The minimum absolute atomic E-state index is 0.299. The number of nitrogens with one attached hydrogen (secondary N) is 1. The molecule has 0 saturated heterocycles. The van der Waals surface area contributed by atoms with E-state index in [1.54, 1.807) is 19.9 Å². The van der Waals surface area contributed by atoms with Crippen LogP contribution in [-0.4, -0.2) is 25.1 Å². The van der Waals surface area contributed by atoms with Gasteiger partial charge in [-0.15, -0.1) is 0 Å². The second-order valence-electron chi connectivity index (χ2n) is 6.37. The number of rotatable bonds is 5. The average Bonchev–Trinajstić information content (AvgIpc) is 2.98. The molecule has 3 aromatic rings. The van der Waals surface area contributed by atoms with Gasteiger partial charge in [0.25, 0.3) is 5.91 Å². The van der Waals surface area contributed by atoms with E-state index in [-0.39, 0.29) is 5.92 Å². The van der Waals surface area contributed by atoms with Gasteiger partial charge in [-0.05, 0) is 19.1 Å². The first-order chi connectivity index (χ1) is 12.4. The lowest BCUT2D eigenvalue weighted by Gasteiger charge is -2.16. The van der Waals surface area contributed by atoms with Gasteiger partial charge in [-0.25, -0.2) is 0 Å². The minimum atomic E-state index is -0.916. The number of carbonyl (C=O) groups is 2. The summed E-state index contributed by atoms with van der Waals surface area (Å²) < 4.78 is 16.4. The third-order valence-corrected chi connectivity index (χ3v) is 4.09. The Morgan fingerprint density at radius 1 is 1.04 bits per heavy atom. The van der Waals surface area contributed by atoms with Crippen molar-refractivity contribution in [2.45, 2.75) is 26.9 Å². The maximum absolute atomic E-state index is 12.4. The van der Waals surface area contributed by atoms with Gasteiger partial charge < -0.3 is 19.2 Å². The van der Waals surface area contributed by atoms with Gasteiger partial charge in [0.1, 0.15) is 16.9 Å². The molecule has 0 aliphatic carbocycles. The van der Waals surface area contributed by atoms with E-state index in [9.17, 15) is 9.59 Å². The van der Waals surface area contributed by atoms with Crippen LogP contribution in [0.1, 0.15) is 20.8 Å². The summed E-state index contributed by atoms with van der Waals surface area (Å²) in [6.07, 6.45) is -0.916. The quantitative estimate of drug-likeness (QED) is 0.697. The van der Waals surface area contributed by atoms with Crippen LogP contribution in [0.5, 0.6) is 5.75 Å². The number of amides is 1. The van der Waals surface area contributed by atoms with Gasteiger partial charge in [-0.2, -0.15) is 0 Å². The number of esters is 1. The van der Waals surface area contributed by atoms with Crippen molar-refractivity contribution in [1.82, 2.24) is 0 Å². The Morgan fingerprint density at radius 3 is 2.46 bits per heavy atom. The monoisotopic (exact) mass is 355 g/mol. The van der Waals surface area contributed by atoms with E-state index in [1.165, 1.54) is 14.0 Å². The van der Waals surface area contributed by atoms with Crippen LogP contribution in [0.2, 0.25) is 0 Å². The molecule has 136 valence electrons. The summed E-state index contributed by atoms with van der Waals surface area (Å²) in [5.74, 6) is -0.661. The van der Waals surface area contributed by atoms with Gasteiger partial charge in [-0.1, -0.05) is 32.0 Å². The summed E-state index contributed by atoms with van der Waals surface area (Å²) in [5, 5.41) is 4.61. The number of benzene rings is 2. The highest BCUT2D eigenvalue weighted by Gasteiger charge is 2.21. The van der Waals surface area contributed by atoms with Crippen molar-refractivity contribution >= 4 is 39.5 Å². The van der Waals surface area contributed by atoms with E-state index >= 15 is 0 Å². The van der Waals surface area contributed by atoms with E-state index < -0.39 is 18.0 Å². The van der Waals surface area contributed by atoms with Crippen LogP contribution in [0.4, 0.5) is 5.69 Å². The fraction of sp³-hybridized carbons (Fsp3) is 0.300. The Morgan fingerprint density at radius 2 is 1.77 bits per heavy atom. The fourth-order valence-electron chi connectivity index (χ4n) is 2.62. The average molecular weight is 355 g/mol. The van der Waals surface area contributed by atoms with Crippen molar-refractivity contribution in [3.8, 4) is 5.75 Å². The fourth-order valence-corrected chi connectivity index (χ4v) is 2.62. The van der Waals surface area contributed by atoms with Gasteiger partial charge in [-0.3, -0.25) is 9.59 Å². The van der Waals surface area contributed by atoms with Crippen LogP contribution in [0.15, 0.2) is 40.8 Å². The van der Waals surface area contributed by atoms with Crippen molar-refractivity contribution in [3.05, 3.63) is 36.4 Å². The molecule has 0 spiro atoms. The Labute approximate surface area is 151 Å². The molecule has 1 amide bonds. The molecule has 1 aromatic heterocycles. The standard InChI is InChI=1S/C20H21NO5/c1-11(2)20(23)25-12(3)19(22)21-15-10-17-14(9-18(15)24-4)13-7-5-6-8-16(13)26-17/h5-12H,1-4H3,(H,21,22)/t12-/m1/s1. The molecular formula is C20H21NO5. The Bertz CT molecular complexity index is 973. The molecule has 0 aliphatic rings. The topological polar surface area (TPSA) is 77.8 Å². The van der Waals surface area contributed by atoms with Crippen LogP contribution < -0.4 is 10.1 Å². The zero-order valence-electron chi connectivity index (χ0n) is 15.2. The molecule has 1 atom stereocenters. The summed E-state index contributed by atoms with van der Waals surface area (Å²) in [5.41, 5.74) is 1.85. The molecule has 1 heterocycles. The zero-order valence-corrected chi connectivity index (χ0v) is 15.2. The maximum Gasteiger partial charge on any atom is 0.309 e. The van der Waals surface area contributed by atoms with Crippen LogP contribution in [0, 0.1) is 5.92 Å². The first-order valence-corrected chi connectivity index (χ1v) is 8.41. The number of anilines is 1. The van der Waals surface area contributed by atoms with Gasteiger partial charge in [0.05, 0.1) is 18.7 Å². The Hall–Kier alpha value is -3.02. The minimum Gasteiger partial charge on any atom is -0.495 e. The maximum atomic E-state index is 12.4. The van der Waals surface area contributed by atoms with Crippen molar-refractivity contribution in [3.63, 3.8) is 0 Å². The van der Waals surface area contributed by atoms with E-state index in [4.69, 9.17) is 13.9 Å². The largest absolute Gasteiger partial charge is 0.495 e. The Balaban J connectivity index is 1.90. The lowest BCUT2D eigenvalue weighted by Crippen LogP contribution is -2.31. The van der Waals surface area contributed by atoms with E-state index in [1.807, 2.05) is 30.3 Å². The van der Waals surface area contributed by atoms with Crippen molar-refractivity contribution in [2.75, 3.05) is 12.4 Å². The van der Waals surface area contributed by atoms with E-state index in [0.29, 0.717) is 17.0 Å². The molecule has 0 unspecified atom stereocenters. The highest BCUT2D eigenvalue weighted by Crippen LogP contribution is 2.36. The number of hydrogen-bond acceptors (Lipinski definition) is 5. The second-order valence-corrected chi connectivity index (χ2v) is 6.37. The molecule has 0 aliphatic heterocycles. The predicted molar refractivity (Wildman–Crippen MR) is 99.3 cm³/mol. The smallest absolute Gasteiger partial charge is 0.309 e. The van der Waals surface area contributed by atoms with Gasteiger partial charge in [0.2, 0.25) is 0 Å². The molecule has 0 fully saturated rings.